The summed E-state index contributed by atoms with van der Waals surface area (Å²) in [5, 5.41) is 3.26. The molecular weight excluding hydrogens is 268 g/mol. The summed E-state index contributed by atoms with van der Waals surface area (Å²) in [7, 11) is 0. The second kappa shape index (κ2) is 5.34. The van der Waals surface area contributed by atoms with Crippen LogP contribution in [-0.2, 0) is 0 Å². The predicted molar refractivity (Wildman–Crippen MR) is 69.2 cm³/mol. The predicted octanol–water partition coefficient (Wildman–Crippen LogP) is 2.61. The van der Waals surface area contributed by atoms with Crippen LogP contribution in [0.5, 0.6) is 5.75 Å². The smallest absolute Gasteiger partial charge is 0.155 e. The molecule has 1 aliphatic heterocycles. The normalized spacial score (nSPS) is 16.5. The maximum Gasteiger partial charge on any atom is 0.155 e. The summed E-state index contributed by atoms with van der Waals surface area (Å²) in [5.41, 5.74) is 0. The lowest BCUT2D eigenvalue weighted by Gasteiger charge is -2.18. The van der Waals surface area contributed by atoms with E-state index in [2.05, 4.69) is 33.2 Å². The van der Waals surface area contributed by atoms with Gasteiger partial charge in [-0.2, -0.15) is 0 Å². The Bertz CT molecular complexity index is 392. The summed E-state index contributed by atoms with van der Waals surface area (Å²) in [5.74, 6) is 1.85. The van der Waals surface area contributed by atoms with Crippen molar-refractivity contribution in [3.63, 3.8) is 0 Å². The van der Waals surface area contributed by atoms with Crippen LogP contribution in [0.1, 0.15) is 13.3 Å². The van der Waals surface area contributed by atoms with Gasteiger partial charge in [0.1, 0.15) is 11.6 Å². The molecule has 1 unspecified atom stereocenters. The zero-order valence-electron chi connectivity index (χ0n) is 9.24. The third kappa shape index (κ3) is 2.76. The number of hydrogen-bond donors (Lipinski definition) is 1. The van der Waals surface area contributed by atoms with Crippen LogP contribution >= 0.6 is 15.9 Å². The Morgan fingerprint density at radius 1 is 1.56 bits per heavy atom. The lowest BCUT2D eigenvalue weighted by atomic mass is 10.2. The Balaban J connectivity index is 2.06. The maximum absolute atomic E-state index is 5.91. The van der Waals surface area contributed by atoms with E-state index in [9.17, 15) is 0 Å². The Kier molecular flexibility index (Phi) is 3.83. The molecule has 0 saturated heterocycles. The molecular formula is C12H15BrN2O. The van der Waals surface area contributed by atoms with E-state index >= 15 is 0 Å². The van der Waals surface area contributed by atoms with E-state index < -0.39 is 0 Å². The molecule has 1 aromatic carbocycles. The van der Waals surface area contributed by atoms with Crippen molar-refractivity contribution in [2.24, 2.45) is 4.99 Å². The first-order valence-electron chi connectivity index (χ1n) is 5.50. The van der Waals surface area contributed by atoms with E-state index in [0.29, 0.717) is 0 Å². The summed E-state index contributed by atoms with van der Waals surface area (Å²) in [6, 6.07) is 7.89. The van der Waals surface area contributed by atoms with Gasteiger partial charge in [-0.05, 0) is 24.6 Å². The molecule has 0 aliphatic carbocycles. The first-order valence-corrected chi connectivity index (χ1v) is 6.29. The van der Waals surface area contributed by atoms with Crippen molar-refractivity contribution in [3.05, 3.63) is 28.7 Å². The van der Waals surface area contributed by atoms with Crippen LogP contribution < -0.4 is 10.1 Å². The van der Waals surface area contributed by atoms with Gasteiger partial charge >= 0.3 is 0 Å². The Labute approximate surface area is 104 Å². The molecule has 0 bridgehead atoms. The van der Waals surface area contributed by atoms with E-state index in [1.165, 1.54) is 0 Å². The van der Waals surface area contributed by atoms with Gasteiger partial charge in [0.15, 0.2) is 6.10 Å². The van der Waals surface area contributed by atoms with Crippen LogP contribution in [0.25, 0.3) is 0 Å². The van der Waals surface area contributed by atoms with Crippen molar-refractivity contribution in [2.75, 3.05) is 13.1 Å². The van der Waals surface area contributed by atoms with Crippen molar-refractivity contribution < 1.29 is 4.74 Å². The summed E-state index contributed by atoms with van der Waals surface area (Å²) < 4.78 is 6.93. The molecule has 0 radical (unpaired) electrons. The van der Waals surface area contributed by atoms with Gasteiger partial charge in [0, 0.05) is 11.0 Å². The highest BCUT2D eigenvalue weighted by Gasteiger charge is 2.18. The molecule has 86 valence electrons. The highest BCUT2D eigenvalue weighted by Crippen LogP contribution is 2.20. The van der Waals surface area contributed by atoms with E-state index in [0.717, 1.165) is 35.6 Å². The average molecular weight is 283 g/mol. The zero-order valence-corrected chi connectivity index (χ0v) is 10.8. The minimum Gasteiger partial charge on any atom is -0.483 e. The molecule has 2 rings (SSSR count). The Morgan fingerprint density at radius 2 is 2.44 bits per heavy atom. The van der Waals surface area contributed by atoms with Gasteiger partial charge in [0.25, 0.3) is 0 Å². The number of aliphatic imine (C=N–C) groups is 1. The van der Waals surface area contributed by atoms with Gasteiger partial charge < -0.3 is 10.1 Å². The van der Waals surface area contributed by atoms with Crippen LogP contribution in [-0.4, -0.2) is 25.0 Å². The number of benzene rings is 1. The first-order chi connectivity index (χ1) is 7.79. The minimum absolute atomic E-state index is 0.0387. The SMILES string of the molecule is CCC(Oc1cccc(Br)c1)C1=NCCN1. The molecule has 0 amide bonds. The molecule has 1 aromatic rings. The lowest BCUT2D eigenvalue weighted by Crippen LogP contribution is -2.35. The fraction of sp³-hybridized carbons (Fsp3) is 0.417. The molecule has 0 fully saturated rings. The number of nitrogens with zero attached hydrogens (tertiary/aromatic N) is 1. The molecule has 1 heterocycles. The largest absolute Gasteiger partial charge is 0.483 e. The number of ether oxygens (including phenoxy) is 1. The van der Waals surface area contributed by atoms with E-state index in [-0.39, 0.29) is 6.10 Å². The monoisotopic (exact) mass is 282 g/mol. The highest BCUT2D eigenvalue weighted by molar-refractivity contribution is 9.10. The molecule has 0 saturated carbocycles. The zero-order chi connectivity index (χ0) is 11.4. The van der Waals surface area contributed by atoms with Crippen molar-refractivity contribution in [2.45, 2.75) is 19.4 Å². The third-order valence-electron chi connectivity index (χ3n) is 2.45. The lowest BCUT2D eigenvalue weighted by molar-refractivity contribution is 0.259. The Hall–Kier alpha value is -1.03. The quantitative estimate of drug-likeness (QED) is 0.921. The molecule has 16 heavy (non-hydrogen) atoms. The van der Waals surface area contributed by atoms with Gasteiger partial charge in [0.05, 0.1) is 6.54 Å². The second-order valence-electron chi connectivity index (χ2n) is 3.67. The molecule has 3 nitrogen and oxygen atoms in total. The summed E-state index contributed by atoms with van der Waals surface area (Å²) >= 11 is 3.43. The summed E-state index contributed by atoms with van der Waals surface area (Å²) in [4.78, 5) is 4.39. The van der Waals surface area contributed by atoms with Crippen LogP contribution in [0, 0.1) is 0 Å². The number of amidine groups is 1. The van der Waals surface area contributed by atoms with Crippen LogP contribution in [0.15, 0.2) is 33.7 Å². The van der Waals surface area contributed by atoms with E-state index in [4.69, 9.17) is 4.74 Å². The summed E-state index contributed by atoms with van der Waals surface area (Å²) in [6.07, 6.45) is 0.954. The first kappa shape index (κ1) is 11.5. The molecule has 1 N–H and O–H groups in total. The van der Waals surface area contributed by atoms with Crippen LogP contribution in [0.3, 0.4) is 0 Å². The van der Waals surface area contributed by atoms with Gasteiger partial charge in [0.2, 0.25) is 0 Å². The van der Waals surface area contributed by atoms with Crippen molar-refractivity contribution in [1.82, 2.24) is 5.32 Å². The topological polar surface area (TPSA) is 33.6 Å². The highest BCUT2D eigenvalue weighted by atomic mass is 79.9. The average Bonchev–Trinajstić information content (AvgIpc) is 2.79. The van der Waals surface area contributed by atoms with Gasteiger partial charge in [-0.25, -0.2) is 0 Å². The molecule has 0 spiro atoms. The number of rotatable bonds is 4. The van der Waals surface area contributed by atoms with Gasteiger partial charge in [-0.15, -0.1) is 0 Å². The van der Waals surface area contributed by atoms with E-state index in [1.807, 2.05) is 24.3 Å². The molecule has 1 atom stereocenters. The molecule has 4 heteroatoms. The minimum atomic E-state index is 0.0387. The Morgan fingerprint density at radius 3 is 3.06 bits per heavy atom. The number of halogens is 1. The fourth-order valence-corrected chi connectivity index (χ4v) is 2.05. The van der Waals surface area contributed by atoms with Crippen LogP contribution in [0.2, 0.25) is 0 Å². The van der Waals surface area contributed by atoms with Crippen LogP contribution in [0.4, 0.5) is 0 Å². The summed E-state index contributed by atoms with van der Waals surface area (Å²) in [6.45, 7) is 3.88. The van der Waals surface area contributed by atoms with Crippen molar-refractivity contribution in [1.29, 1.82) is 0 Å². The van der Waals surface area contributed by atoms with Crippen molar-refractivity contribution in [3.8, 4) is 5.75 Å². The number of nitrogens with one attached hydrogen (secondary N) is 1. The van der Waals surface area contributed by atoms with Gasteiger partial charge in [-0.3, -0.25) is 4.99 Å². The number of hydrogen-bond acceptors (Lipinski definition) is 3. The standard InChI is InChI=1S/C12H15BrN2O/c1-2-11(12-14-6-7-15-12)16-10-5-3-4-9(13)8-10/h3-5,8,11H,2,6-7H2,1H3,(H,14,15). The molecule has 1 aliphatic rings. The fourth-order valence-electron chi connectivity index (χ4n) is 1.67. The second-order valence-corrected chi connectivity index (χ2v) is 4.58. The third-order valence-corrected chi connectivity index (χ3v) is 2.94. The van der Waals surface area contributed by atoms with Gasteiger partial charge in [-0.1, -0.05) is 28.9 Å². The maximum atomic E-state index is 5.91. The van der Waals surface area contributed by atoms with Crippen molar-refractivity contribution >= 4 is 21.8 Å². The van der Waals surface area contributed by atoms with E-state index in [1.54, 1.807) is 0 Å². The molecule has 0 aromatic heterocycles.